The molecule has 0 amide bonds. The molecular weight excluding hydrogens is 407 g/mol. The fourth-order valence-electron chi connectivity index (χ4n) is 3.65. The predicted molar refractivity (Wildman–Crippen MR) is 112 cm³/mol. The highest BCUT2D eigenvalue weighted by atomic mass is 35.5. The number of hydrogen-bond acceptors (Lipinski definition) is 6. The molecule has 30 heavy (non-hydrogen) atoms. The summed E-state index contributed by atoms with van der Waals surface area (Å²) in [6.07, 6.45) is 6.75. The number of ether oxygens (including phenoxy) is 1. The van der Waals surface area contributed by atoms with Crippen LogP contribution >= 0.6 is 11.6 Å². The quantitative estimate of drug-likeness (QED) is 0.552. The number of pyridine rings is 1. The van der Waals surface area contributed by atoms with E-state index in [2.05, 4.69) is 27.2 Å². The SMILES string of the molecule is COC(=O)c1cnccc1Nc1nc(-c2cc(Cl)ccc2F)ncc1C1CC(C)C1. The third kappa shape index (κ3) is 3.98. The number of benzene rings is 1. The van der Waals surface area contributed by atoms with E-state index < -0.39 is 11.8 Å². The second kappa shape index (κ2) is 8.36. The van der Waals surface area contributed by atoms with Crippen molar-refractivity contribution >= 4 is 29.1 Å². The highest BCUT2D eigenvalue weighted by molar-refractivity contribution is 6.30. The first-order chi connectivity index (χ1) is 14.5. The summed E-state index contributed by atoms with van der Waals surface area (Å²) < 4.78 is 19.2. The molecule has 1 saturated carbocycles. The van der Waals surface area contributed by atoms with E-state index in [1.807, 2.05) is 0 Å². The maximum Gasteiger partial charge on any atom is 0.341 e. The van der Waals surface area contributed by atoms with Gasteiger partial charge in [0.05, 0.1) is 18.4 Å². The second-order valence-corrected chi connectivity index (χ2v) is 7.87. The molecule has 2 aromatic heterocycles. The summed E-state index contributed by atoms with van der Waals surface area (Å²) in [7, 11) is 1.31. The molecule has 0 atom stereocenters. The van der Waals surface area contributed by atoms with Crippen LogP contribution in [0.1, 0.15) is 41.6 Å². The van der Waals surface area contributed by atoms with E-state index in [4.69, 9.17) is 16.3 Å². The number of anilines is 2. The molecule has 4 rings (SSSR count). The molecule has 0 bridgehead atoms. The van der Waals surface area contributed by atoms with E-state index in [0.717, 1.165) is 18.4 Å². The van der Waals surface area contributed by atoms with Gasteiger partial charge < -0.3 is 10.1 Å². The number of esters is 1. The minimum Gasteiger partial charge on any atom is -0.465 e. The molecule has 3 aromatic rings. The van der Waals surface area contributed by atoms with Crippen molar-refractivity contribution in [2.24, 2.45) is 5.92 Å². The summed E-state index contributed by atoms with van der Waals surface area (Å²) >= 11 is 6.04. The maximum atomic E-state index is 14.4. The summed E-state index contributed by atoms with van der Waals surface area (Å²) in [4.78, 5) is 25.1. The van der Waals surface area contributed by atoms with Gasteiger partial charge in [0.25, 0.3) is 0 Å². The molecule has 1 fully saturated rings. The molecule has 0 spiro atoms. The maximum absolute atomic E-state index is 14.4. The smallest absolute Gasteiger partial charge is 0.341 e. The van der Waals surface area contributed by atoms with Gasteiger partial charge in [-0.1, -0.05) is 18.5 Å². The number of halogens is 2. The van der Waals surface area contributed by atoms with E-state index in [-0.39, 0.29) is 17.0 Å². The summed E-state index contributed by atoms with van der Waals surface area (Å²) in [6.45, 7) is 2.19. The minimum absolute atomic E-state index is 0.210. The summed E-state index contributed by atoms with van der Waals surface area (Å²) in [6, 6.07) is 5.92. The monoisotopic (exact) mass is 426 g/mol. The molecule has 0 radical (unpaired) electrons. The third-order valence-electron chi connectivity index (χ3n) is 5.28. The van der Waals surface area contributed by atoms with Crippen molar-refractivity contribution < 1.29 is 13.9 Å². The van der Waals surface area contributed by atoms with Crippen molar-refractivity contribution in [1.29, 1.82) is 0 Å². The molecule has 2 heterocycles. The minimum atomic E-state index is -0.514. The molecule has 1 N–H and O–H groups in total. The number of aromatic nitrogens is 3. The zero-order chi connectivity index (χ0) is 21.3. The van der Waals surface area contributed by atoms with Gasteiger partial charge in [-0.3, -0.25) is 4.98 Å². The fraction of sp³-hybridized carbons (Fsp3) is 0.273. The standard InChI is InChI=1S/C22H20ClFN4O2/c1-12-7-13(8-12)16-11-26-20(15-9-14(23)3-4-18(15)24)28-21(16)27-19-5-6-25-10-17(19)22(29)30-2/h3-6,9-13H,7-8H2,1-2H3,(H,25,26,27,28). The van der Waals surface area contributed by atoms with Crippen LogP contribution < -0.4 is 5.32 Å². The molecule has 1 aliphatic carbocycles. The van der Waals surface area contributed by atoms with Crippen molar-refractivity contribution in [2.45, 2.75) is 25.7 Å². The van der Waals surface area contributed by atoms with Crippen molar-refractivity contribution in [3.8, 4) is 11.4 Å². The van der Waals surface area contributed by atoms with Gasteiger partial charge in [0.2, 0.25) is 0 Å². The van der Waals surface area contributed by atoms with Crippen molar-refractivity contribution in [1.82, 2.24) is 15.0 Å². The zero-order valence-corrected chi connectivity index (χ0v) is 17.3. The zero-order valence-electron chi connectivity index (χ0n) is 16.5. The first-order valence-electron chi connectivity index (χ1n) is 9.58. The molecular formula is C22H20ClFN4O2. The van der Waals surface area contributed by atoms with Crippen molar-refractivity contribution in [2.75, 3.05) is 12.4 Å². The van der Waals surface area contributed by atoms with Gasteiger partial charge in [-0.2, -0.15) is 0 Å². The molecule has 0 unspecified atom stereocenters. The Morgan fingerprint density at radius 1 is 1.27 bits per heavy atom. The molecule has 0 aliphatic heterocycles. The summed E-state index contributed by atoms with van der Waals surface area (Å²) in [5.74, 6) is 0.674. The van der Waals surface area contributed by atoms with E-state index in [1.165, 1.54) is 31.5 Å². The van der Waals surface area contributed by atoms with E-state index in [0.29, 0.717) is 28.4 Å². The Hall–Kier alpha value is -3.06. The largest absolute Gasteiger partial charge is 0.465 e. The van der Waals surface area contributed by atoms with Crippen LogP contribution in [0.3, 0.4) is 0 Å². The van der Waals surface area contributed by atoms with Gasteiger partial charge in [0.15, 0.2) is 5.82 Å². The average Bonchev–Trinajstić information content (AvgIpc) is 2.73. The summed E-state index contributed by atoms with van der Waals surface area (Å²) in [5, 5.41) is 3.61. The highest BCUT2D eigenvalue weighted by Gasteiger charge is 2.30. The van der Waals surface area contributed by atoms with Crippen LogP contribution in [-0.4, -0.2) is 28.0 Å². The van der Waals surface area contributed by atoms with Gasteiger partial charge in [-0.05, 0) is 48.9 Å². The van der Waals surface area contributed by atoms with Crippen LogP contribution in [0.4, 0.5) is 15.9 Å². The van der Waals surface area contributed by atoms with Crippen molar-refractivity contribution in [3.63, 3.8) is 0 Å². The van der Waals surface area contributed by atoms with Gasteiger partial charge in [-0.25, -0.2) is 19.2 Å². The third-order valence-corrected chi connectivity index (χ3v) is 5.51. The molecule has 1 aliphatic rings. The number of carbonyl (C=O) groups is 1. The Labute approximate surface area is 178 Å². The Balaban J connectivity index is 1.78. The lowest BCUT2D eigenvalue weighted by molar-refractivity contribution is 0.0601. The van der Waals surface area contributed by atoms with Gasteiger partial charge >= 0.3 is 5.97 Å². The lowest BCUT2D eigenvalue weighted by atomic mass is 9.73. The summed E-state index contributed by atoms with van der Waals surface area (Å²) in [5.41, 5.74) is 1.91. The number of rotatable bonds is 5. The topological polar surface area (TPSA) is 77.0 Å². The number of methoxy groups -OCH3 is 1. The number of nitrogens with zero attached hydrogens (tertiary/aromatic N) is 3. The van der Waals surface area contributed by atoms with Crippen LogP contribution in [0.5, 0.6) is 0 Å². The Morgan fingerprint density at radius 2 is 2.07 bits per heavy atom. The molecule has 154 valence electrons. The Kier molecular flexibility index (Phi) is 5.63. The van der Waals surface area contributed by atoms with E-state index >= 15 is 0 Å². The van der Waals surface area contributed by atoms with Gasteiger partial charge in [0.1, 0.15) is 17.2 Å². The van der Waals surface area contributed by atoms with Gasteiger partial charge in [0, 0.05) is 29.2 Å². The van der Waals surface area contributed by atoms with Crippen LogP contribution in [0.25, 0.3) is 11.4 Å². The Morgan fingerprint density at radius 3 is 2.80 bits per heavy atom. The van der Waals surface area contributed by atoms with Gasteiger partial charge in [-0.15, -0.1) is 0 Å². The Bertz CT molecular complexity index is 1100. The molecule has 6 nitrogen and oxygen atoms in total. The fourth-order valence-corrected chi connectivity index (χ4v) is 3.82. The first kappa shape index (κ1) is 20.2. The van der Waals surface area contributed by atoms with E-state index in [1.54, 1.807) is 18.5 Å². The normalized spacial score (nSPS) is 17.9. The molecule has 8 heteroatoms. The molecule has 1 aromatic carbocycles. The first-order valence-corrected chi connectivity index (χ1v) is 9.95. The molecule has 0 saturated heterocycles. The van der Waals surface area contributed by atoms with Crippen LogP contribution in [0, 0.1) is 11.7 Å². The number of nitrogens with one attached hydrogen (secondary N) is 1. The lowest BCUT2D eigenvalue weighted by Crippen LogP contribution is -2.21. The van der Waals surface area contributed by atoms with Crippen LogP contribution in [0.15, 0.2) is 42.9 Å². The van der Waals surface area contributed by atoms with Crippen molar-refractivity contribution in [3.05, 3.63) is 64.8 Å². The lowest BCUT2D eigenvalue weighted by Gasteiger charge is -2.33. The predicted octanol–water partition coefficient (Wildman–Crippen LogP) is 5.37. The van der Waals surface area contributed by atoms with E-state index in [9.17, 15) is 9.18 Å². The average molecular weight is 427 g/mol. The number of carbonyl (C=O) groups excluding carboxylic acids is 1. The van der Waals surface area contributed by atoms with Crippen LogP contribution in [0.2, 0.25) is 5.02 Å². The second-order valence-electron chi connectivity index (χ2n) is 7.43. The highest BCUT2D eigenvalue weighted by Crippen LogP contribution is 2.44. The number of hydrogen-bond donors (Lipinski definition) is 1. The van der Waals surface area contributed by atoms with Crippen LogP contribution in [-0.2, 0) is 4.74 Å².